The summed E-state index contributed by atoms with van der Waals surface area (Å²) in [6.07, 6.45) is -1.73. The number of benzene rings is 1. The normalized spacial score (nSPS) is 29.5. The number of alkyl halides is 3. The van der Waals surface area contributed by atoms with Crippen LogP contribution in [0.4, 0.5) is 13.2 Å². The summed E-state index contributed by atoms with van der Waals surface area (Å²) in [4.78, 5) is 32.4. The highest BCUT2D eigenvalue weighted by Gasteiger charge is 2.54. The van der Waals surface area contributed by atoms with Crippen LogP contribution in [0.1, 0.15) is 48.5 Å². The number of carbonyl (C=O) groups excluding carboxylic acids is 2. The molecular weight excluding hydrogens is 423 g/mol. The zero-order valence-electron chi connectivity index (χ0n) is 18.5. The lowest BCUT2D eigenvalue weighted by molar-refractivity contribution is -0.139. The molecule has 1 aliphatic carbocycles. The average Bonchev–Trinajstić information content (AvgIpc) is 3.14. The van der Waals surface area contributed by atoms with Crippen LogP contribution in [0.5, 0.6) is 0 Å². The van der Waals surface area contributed by atoms with Crippen molar-refractivity contribution < 1.29 is 27.5 Å². The molecule has 0 bridgehead atoms. The maximum atomic E-state index is 13.6. The highest BCUT2D eigenvalue weighted by Crippen LogP contribution is 2.43. The van der Waals surface area contributed by atoms with E-state index in [4.69, 9.17) is 4.74 Å². The van der Waals surface area contributed by atoms with Gasteiger partial charge in [-0.2, -0.15) is 13.2 Å². The molecule has 1 spiro atoms. The summed E-state index contributed by atoms with van der Waals surface area (Å²) >= 11 is 0. The molecule has 9 heteroatoms. The maximum absolute atomic E-state index is 13.6. The Morgan fingerprint density at radius 3 is 2.38 bits per heavy atom. The Bertz CT molecular complexity index is 860. The Kier molecular flexibility index (Phi) is 6.24. The van der Waals surface area contributed by atoms with Crippen LogP contribution in [-0.2, 0) is 15.7 Å². The number of ether oxygens (including phenoxy) is 1. The quantitative estimate of drug-likeness (QED) is 0.690. The molecule has 0 aromatic heterocycles. The maximum Gasteiger partial charge on any atom is 0.416 e. The van der Waals surface area contributed by atoms with Crippen molar-refractivity contribution in [3.63, 3.8) is 0 Å². The van der Waals surface area contributed by atoms with Crippen LogP contribution < -0.4 is 0 Å². The van der Waals surface area contributed by atoms with Crippen LogP contribution in [0.2, 0.25) is 0 Å². The van der Waals surface area contributed by atoms with Gasteiger partial charge in [0.1, 0.15) is 11.8 Å². The summed E-state index contributed by atoms with van der Waals surface area (Å²) in [5.41, 5.74) is -1.89. The van der Waals surface area contributed by atoms with Crippen molar-refractivity contribution in [2.24, 2.45) is 5.92 Å². The Hall–Kier alpha value is -2.13. The summed E-state index contributed by atoms with van der Waals surface area (Å²) in [7, 11) is 1.99. The molecule has 2 amide bonds. The van der Waals surface area contributed by atoms with Gasteiger partial charge in [0, 0.05) is 31.7 Å². The minimum absolute atomic E-state index is 0.0699. The van der Waals surface area contributed by atoms with Crippen molar-refractivity contribution in [3.8, 4) is 0 Å². The Morgan fingerprint density at radius 2 is 1.75 bits per heavy atom. The van der Waals surface area contributed by atoms with E-state index in [2.05, 4.69) is 11.8 Å². The highest BCUT2D eigenvalue weighted by molar-refractivity contribution is 5.98. The first-order valence-corrected chi connectivity index (χ1v) is 11.2. The van der Waals surface area contributed by atoms with Crippen LogP contribution >= 0.6 is 0 Å². The van der Waals surface area contributed by atoms with E-state index in [1.54, 1.807) is 4.90 Å². The fraction of sp³-hybridized carbons (Fsp3) is 0.652. The van der Waals surface area contributed by atoms with Crippen LogP contribution in [0.3, 0.4) is 0 Å². The van der Waals surface area contributed by atoms with E-state index >= 15 is 0 Å². The standard InChI is InChI=1S/C23H30F3N3O3/c1-16-6-8-22(9-7-16)29(20(30)17-4-3-5-18(14-17)23(24,25)26)19(15-32-22)21(31)28-12-10-27(2)11-13-28/h3-5,14,16,19H,6-13,15H2,1-2H3/t16?,19-,22?/m1/s1. The van der Waals surface area contributed by atoms with E-state index in [1.807, 2.05) is 7.05 Å². The number of nitrogens with zero attached hydrogens (tertiary/aromatic N) is 3. The van der Waals surface area contributed by atoms with Crippen molar-refractivity contribution in [2.75, 3.05) is 39.8 Å². The molecule has 3 aliphatic rings. The molecule has 1 atom stereocenters. The van der Waals surface area contributed by atoms with Gasteiger partial charge in [0.25, 0.3) is 5.91 Å². The third kappa shape index (κ3) is 4.37. The Labute approximate surface area is 186 Å². The van der Waals surface area contributed by atoms with Gasteiger partial charge in [0.15, 0.2) is 0 Å². The number of hydrogen-bond donors (Lipinski definition) is 0. The van der Waals surface area contributed by atoms with Gasteiger partial charge in [-0.05, 0) is 56.8 Å². The highest BCUT2D eigenvalue weighted by atomic mass is 19.4. The summed E-state index contributed by atoms with van der Waals surface area (Å²) in [6.45, 7) is 4.80. The summed E-state index contributed by atoms with van der Waals surface area (Å²) in [5.74, 6) is -0.285. The summed E-state index contributed by atoms with van der Waals surface area (Å²) in [5, 5.41) is 0. The summed E-state index contributed by atoms with van der Waals surface area (Å²) < 4.78 is 45.9. The fourth-order valence-electron chi connectivity index (χ4n) is 4.97. The molecule has 1 saturated carbocycles. The third-order valence-electron chi connectivity index (χ3n) is 7.07. The minimum atomic E-state index is -4.55. The Morgan fingerprint density at radius 1 is 1.09 bits per heavy atom. The molecule has 0 radical (unpaired) electrons. The van der Waals surface area contributed by atoms with Gasteiger partial charge >= 0.3 is 6.18 Å². The van der Waals surface area contributed by atoms with E-state index in [1.165, 1.54) is 17.0 Å². The van der Waals surface area contributed by atoms with Crippen LogP contribution in [0, 0.1) is 5.92 Å². The molecule has 0 unspecified atom stereocenters. The second kappa shape index (κ2) is 8.67. The minimum Gasteiger partial charge on any atom is -0.353 e. The second-order valence-electron chi connectivity index (χ2n) is 9.34. The van der Waals surface area contributed by atoms with Crippen molar-refractivity contribution in [1.82, 2.24) is 14.7 Å². The third-order valence-corrected chi connectivity index (χ3v) is 7.07. The fourth-order valence-corrected chi connectivity index (χ4v) is 4.97. The predicted molar refractivity (Wildman–Crippen MR) is 112 cm³/mol. The van der Waals surface area contributed by atoms with E-state index < -0.39 is 29.4 Å². The molecule has 176 valence electrons. The van der Waals surface area contributed by atoms with Crippen molar-refractivity contribution in [2.45, 2.75) is 50.6 Å². The lowest BCUT2D eigenvalue weighted by atomic mass is 9.83. The molecule has 2 saturated heterocycles. The molecule has 2 heterocycles. The van der Waals surface area contributed by atoms with Gasteiger partial charge < -0.3 is 14.5 Å². The number of rotatable bonds is 2. The van der Waals surface area contributed by atoms with Crippen LogP contribution in [0.15, 0.2) is 24.3 Å². The number of carbonyl (C=O) groups is 2. The molecule has 0 N–H and O–H groups in total. The van der Waals surface area contributed by atoms with Crippen molar-refractivity contribution >= 4 is 11.8 Å². The molecular formula is C23H30F3N3O3. The summed E-state index contributed by atoms with van der Waals surface area (Å²) in [6, 6.07) is 3.61. The molecule has 2 aliphatic heterocycles. The Balaban J connectivity index is 1.66. The number of hydrogen-bond acceptors (Lipinski definition) is 4. The monoisotopic (exact) mass is 453 g/mol. The van der Waals surface area contributed by atoms with Gasteiger partial charge in [-0.1, -0.05) is 13.0 Å². The SMILES string of the molecule is CC1CCC2(CC1)OC[C@H](C(=O)N1CCN(C)CC1)N2C(=O)c1cccc(C(F)(F)F)c1. The number of piperazine rings is 1. The number of halogens is 3. The first kappa shape index (κ1) is 23.0. The number of amides is 2. The van der Waals surface area contributed by atoms with Crippen LogP contribution in [0.25, 0.3) is 0 Å². The predicted octanol–water partition coefficient (Wildman–Crippen LogP) is 3.23. The van der Waals surface area contributed by atoms with E-state index in [0.717, 1.165) is 38.1 Å². The van der Waals surface area contributed by atoms with Gasteiger partial charge in [0.2, 0.25) is 5.91 Å². The molecule has 1 aromatic rings. The van der Waals surface area contributed by atoms with Gasteiger partial charge in [-0.25, -0.2) is 0 Å². The van der Waals surface area contributed by atoms with Crippen LogP contribution in [-0.4, -0.2) is 78.1 Å². The van der Waals surface area contributed by atoms with Gasteiger partial charge in [0.05, 0.1) is 12.2 Å². The average molecular weight is 454 g/mol. The molecule has 1 aromatic carbocycles. The molecule has 3 fully saturated rings. The van der Waals surface area contributed by atoms with E-state index in [0.29, 0.717) is 31.8 Å². The molecule has 6 nitrogen and oxygen atoms in total. The van der Waals surface area contributed by atoms with Crippen molar-refractivity contribution in [3.05, 3.63) is 35.4 Å². The zero-order chi connectivity index (χ0) is 23.1. The van der Waals surface area contributed by atoms with Crippen molar-refractivity contribution in [1.29, 1.82) is 0 Å². The first-order valence-electron chi connectivity index (χ1n) is 11.2. The van der Waals surface area contributed by atoms with E-state index in [9.17, 15) is 22.8 Å². The molecule has 4 rings (SSSR count). The van der Waals surface area contributed by atoms with Gasteiger partial charge in [-0.3, -0.25) is 14.5 Å². The zero-order valence-corrected chi connectivity index (χ0v) is 18.5. The topological polar surface area (TPSA) is 53.1 Å². The largest absolute Gasteiger partial charge is 0.416 e. The lowest BCUT2D eigenvalue weighted by Gasteiger charge is -2.44. The first-order chi connectivity index (χ1) is 15.1. The smallest absolute Gasteiger partial charge is 0.353 e. The number of likely N-dealkylation sites (N-methyl/N-ethyl adjacent to an activating group) is 1. The lowest BCUT2D eigenvalue weighted by Crippen LogP contribution is -2.59. The molecule has 32 heavy (non-hydrogen) atoms. The second-order valence-corrected chi connectivity index (χ2v) is 9.34. The van der Waals surface area contributed by atoms with E-state index in [-0.39, 0.29) is 18.1 Å². The van der Waals surface area contributed by atoms with Gasteiger partial charge in [-0.15, -0.1) is 0 Å².